The Hall–Kier alpha value is -3.32. The van der Waals surface area contributed by atoms with Gasteiger partial charge in [-0.05, 0) is 56.3 Å². The highest BCUT2D eigenvalue weighted by Gasteiger charge is 2.23. The van der Waals surface area contributed by atoms with E-state index < -0.39 is 24.1 Å². The number of anilines is 1. The summed E-state index contributed by atoms with van der Waals surface area (Å²) in [6, 6.07) is 7.49. The number of ether oxygens (including phenoxy) is 2. The molecular formula is C24H26ClN3O4. The molecule has 3 rings (SSSR count). The van der Waals surface area contributed by atoms with Gasteiger partial charge in [-0.2, -0.15) is 0 Å². The maximum atomic E-state index is 12.2. The standard InChI is InChI=1S/C24H26ClN3O4/c1-24(2,3)23(30)32-14-31-20(29)12-17(13-26)19-11-16(8-10-27-19)21-18(25)7-6-15-5-4-9-28-22(15)21/h4-8,10-11,13,28H,9,12,14,26H2,1-3H3/b17-13-. The number of fused-ring (bicyclic) bond motifs is 1. The van der Waals surface area contributed by atoms with Gasteiger partial charge in [0.2, 0.25) is 6.79 Å². The van der Waals surface area contributed by atoms with Crippen LogP contribution in [0.5, 0.6) is 0 Å². The molecule has 1 aliphatic heterocycles. The second-order valence-electron chi connectivity index (χ2n) is 8.28. The number of pyridine rings is 1. The van der Waals surface area contributed by atoms with Gasteiger partial charge >= 0.3 is 11.9 Å². The fourth-order valence-corrected chi connectivity index (χ4v) is 3.39. The van der Waals surface area contributed by atoms with Crippen molar-refractivity contribution in [3.05, 3.63) is 59.0 Å². The smallest absolute Gasteiger partial charge is 0.314 e. The van der Waals surface area contributed by atoms with E-state index in [4.69, 9.17) is 26.8 Å². The van der Waals surface area contributed by atoms with Crippen molar-refractivity contribution in [2.75, 3.05) is 18.7 Å². The molecule has 1 aliphatic rings. The van der Waals surface area contributed by atoms with Crippen molar-refractivity contribution >= 4 is 40.9 Å². The molecule has 2 heterocycles. The number of benzene rings is 1. The second-order valence-corrected chi connectivity index (χ2v) is 8.69. The van der Waals surface area contributed by atoms with Crippen LogP contribution < -0.4 is 11.1 Å². The third kappa shape index (κ3) is 5.48. The predicted molar refractivity (Wildman–Crippen MR) is 125 cm³/mol. The van der Waals surface area contributed by atoms with Gasteiger partial charge in [0.25, 0.3) is 0 Å². The van der Waals surface area contributed by atoms with Gasteiger partial charge in [-0.15, -0.1) is 0 Å². The molecule has 1 aromatic heterocycles. The number of nitrogens with one attached hydrogen (secondary N) is 1. The summed E-state index contributed by atoms with van der Waals surface area (Å²) in [7, 11) is 0. The van der Waals surface area contributed by atoms with Crippen molar-refractivity contribution < 1.29 is 19.1 Å². The number of rotatable bonds is 6. The molecule has 0 atom stereocenters. The van der Waals surface area contributed by atoms with E-state index in [0.717, 1.165) is 22.4 Å². The number of aromatic nitrogens is 1. The van der Waals surface area contributed by atoms with Crippen LogP contribution in [-0.4, -0.2) is 30.3 Å². The first-order valence-electron chi connectivity index (χ1n) is 10.1. The molecule has 0 spiro atoms. The Labute approximate surface area is 192 Å². The van der Waals surface area contributed by atoms with Gasteiger partial charge in [0.05, 0.1) is 28.2 Å². The lowest BCUT2D eigenvalue weighted by atomic mass is 9.97. The minimum Gasteiger partial charge on any atom is -0.428 e. The van der Waals surface area contributed by atoms with Crippen molar-refractivity contribution in [1.29, 1.82) is 0 Å². The lowest BCUT2D eigenvalue weighted by Gasteiger charge is -2.19. The number of nitrogens with two attached hydrogens (primary N) is 1. The number of hydrogen-bond donors (Lipinski definition) is 2. The highest BCUT2D eigenvalue weighted by molar-refractivity contribution is 6.34. The molecular weight excluding hydrogens is 430 g/mol. The maximum absolute atomic E-state index is 12.2. The van der Waals surface area contributed by atoms with E-state index in [0.29, 0.717) is 22.8 Å². The van der Waals surface area contributed by atoms with E-state index in [1.54, 1.807) is 27.0 Å². The van der Waals surface area contributed by atoms with Gasteiger partial charge in [-0.1, -0.05) is 29.8 Å². The normalized spacial score (nSPS) is 13.2. The second kappa shape index (κ2) is 9.87. The van der Waals surface area contributed by atoms with E-state index in [2.05, 4.69) is 10.3 Å². The zero-order valence-corrected chi connectivity index (χ0v) is 19.0. The summed E-state index contributed by atoms with van der Waals surface area (Å²) >= 11 is 6.52. The molecule has 7 nitrogen and oxygen atoms in total. The van der Waals surface area contributed by atoms with E-state index >= 15 is 0 Å². The molecule has 32 heavy (non-hydrogen) atoms. The predicted octanol–water partition coefficient (Wildman–Crippen LogP) is 4.62. The SMILES string of the molecule is CC(C)(C)C(=O)OCOC(=O)C/C(=C/N)c1cc(-c2c(Cl)ccc3c2NCC=C3)ccn1. The first kappa shape index (κ1) is 23.3. The summed E-state index contributed by atoms with van der Waals surface area (Å²) in [6.45, 7) is 5.40. The largest absolute Gasteiger partial charge is 0.428 e. The maximum Gasteiger partial charge on any atom is 0.314 e. The Morgan fingerprint density at radius 1 is 1.25 bits per heavy atom. The summed E-state index contributed by atoms with van der Waals surface area (Å²) in [6.07, 6.45) is 6.91. The average Bonchev–Trinajstić information content (AvgIpc) is 2.76. The lowest BCUT2D eigenvalue weighted by molar-refractivity contribution is -0.172. The van der Waals surface area contributed by atoms with Crippen LogP contribution in [-0.2, 0) is 19.1 Å². The Balaban J connectivity index is 1.75. The van der Waals surface area contributed by atoms with Crippen LogP contribution in [0.4, 0.5) is 5.69 Å². The Bertz CT molecular complexity index is 1090. The van der Waals surface area contributed by atoms with E-state index in [9.17, 15) is 9.59 Å². The van der Waals surface area contributed by atoms with Crippen LogP contribution in [0.15, 0.2) is 42.7 Å². The average molecular weight is 456 g/mol. The first-order valence-corrected chi connectivity index (χ1v) is 10.5. The highest BCUT2D eigenvalue weighted by atomic mass is 35.5. The monoisotopic (exact) mass is 455 g/mol. The van der Waals surface area contributed by atoms with Crippen molar-refractivity contribution in [3.8, 4) is 11.1 Å². The van der Waals surface area contributed by atoms with Crippen LogP contribution in [0.2, 0.25) is 5.02 Å². The molecule has 3 N–H and O–H groups in total. The van der Waals surface area contributed by atoms with Gasteiger partial charge in [0.1, 0.15) is 0 Å². The summed E-state index contributed by atoms with van der Waals surface area (Å²) in [5.41, 5.74) is 9.77. The number of hydrogen-bond acceptors (Lipinski definition) is 7. The molecule has 0 unspecified atom stereocenters. The summed E-state index contributed by atoms with van der Waals surface area (Å²) in [5, 5.41) is 3.96. The number of carbonyl (C=O) groups excluding carboxylic acids is 2. The lowest BCUT2D eigenvalue weighted by Crippen LogP contribution is -2.24. The van der Waals surface area contributed by atoms with Gasteiger partial charge in [-0.3, -0.25) is 14.6 Å². The van der Waals surface area contributed by atoms with Crippen molar-refractivity contribution in [2.24, 2.45) is 11.1 Å². The molecule has 0 saturated heterocycles. The molecule has 0 saturated carbocycles. The van der Waals surface area contributed by atoms with E-state index in [-0.39, 0.29) is 6.42 Å². The van der Waals surface area contributed by atoms with Crippen LogP contribution >= 0.6 is 11.6 Å². The van der Waals surface area contributed by atoms with E-state index in [1.165, 1.54) is 6.20 Å². The third-order valence-corrected chi connectivity index (χ3v) is 5.13. The molecule has 0 fully saturated rings. The van der Waals surface area contributed by atoms with Gasteiger partial charge in [-0.25, -0.2) is 0 Å². The fraction of sp³-hybridized carbons (Fsp3) is 0.292. The molecule has 0 bridgehead atoms. The number of carbonyl (C=O) groups is 2. The van der Waals surface area contributed by atoms with Crippen LogP contribution in [0.25, 0.3) is 22.8 Å². The summed E-state index contributed by atoms with van der Waals surface area (Å²) in [4.78, 5) is 28.4. The van der Waals surface area contributed by atoms with Crippen LogP contribution in [0.3, 0.4) is 0 Å². The summed E-state index contributed by atoms with van der Waals surface area (Å²) in [5.74, 6) is -1.04. The molecule has 0 aliphatic carbocycles. The Morgan fingerprint density at radius 2 is 2.03 bits per heavy atom. The van der Waals surface area contributed by atoms with Gasteiger partial charge in [0, 0.05) is 23.9 Å². The fourth-order valence-electron chi connectivity index (χ4n) is 3.12. The van der Waals surface area contributed by atoms with Crippen molar-refractivity contribution in [3.63, 3.8) is 0 Å². The molecule has 8 heteroatoms. The molecule has 168 valence electrons. The quantitative estimate of drug-likeness (QED) is 0.483. The Morgan fingerprint density at radius 3 is 2.75 bits per heavy atom. The topological polar surface area (TPSA) is 104 Å². The van der Waals surface area contributed by atoms with E-state index in [1.807, 2.05) is 36.4 Å². The van der Waals surface area contributed by atoms with Crippen LogP contribution in [0, 0.1) is 5.41 Å². The summed E-state index contributed by atoms with van der Waals surface area (Å²) < 4.78 is 9.99. The minimum atomic E-state index is -0.679. The number of nitrogens with zero attached hydrogens (tertiary/aromatic N) is 1. The minimum absolute atomic E-state index is 0.123. The van der Waals surface area contributed by atoms with Gasteiger partial charge < -0.3 is 20.5 Å². The molecule has 2 aromatic rings. The molecule has 1 aromatic carbocycles. The Kier molecular flexibility index (Phi) is 7.20. The van der Waals surface area contributed by atoms with Crippen molar-refractivity contribution in [2.45, 2.75) is 27.2 Å². The number of esters is 2. The number of halogens is 1. The molecule has 0 amide bonds. The first-order chi connectivity index (χ1) is 15.2. The van der Waals surface area contributed by atoms with Gasteiger partial charge in [0.15, 0.2) is 0 Å². The van der Waals surface area contributed by atoms with Crippen molar-refractivity contribution in [1.82, 2.24) is 4.98 Å². The third-order valence-electron chi connectivity index (χ3n) is 4.82. The zero-order chi connectivity index (χ0) is 23.3. The molecule has 0 radical (unpaired) electrons. The highest BCUT2D eigenvalue weighted by Crippen LogP contribution is 2.39. The van der Waals surface area contributed by atoms with Crippen LogP contribution in [0.1, 0.15) is 38.4 Å². The zero-order valence-electron chi connectivity index (χ0n) is 18.3.